The van der Waals surface area contributed by atoms with Gasteiger partial charge in [-0.25, -0.2) is 16.7 Å². The first-order chi connectivity index (χ1) is 12.4. The summed E-state index contributed by atoms with van der Waals surface area (Å²) in [5, 5.41) is 18.7. The summed E-state index contributed by atoms with van der Waals surface area (Å²) in [5.74, 6) is 0.307. The third-order valence-electron chi connectivity index (χ3n) is 4.25. The highest BCUT2D eigenvalue weighted by atomic mass is 16.5. The maximum absolute atomic E-state index is 9.37. The second-order valence-electron chi connectivity index (χ2n) is 7.39. The molecule has 138 valence electrons. The summed E-state index contributed by atoms with van der Waals surface area (Å²) in [7, 11) is 0. The van der Waals surface area contributed by atoms with Crippen LogP contribution in [0.4, 0.5) is 0 Å². The molecule has 0 saturated heterocycles. The van der Waals surface area contributed by atoms with E-state index in [0.717, 1.165) is 0 Å². The predicted molar refractivity (Wildman–Crippen MR) is 97.1 cm³/mol. The highest BCUT2D eigenvalue weighted by Crippen LogP contribution is 2.38. The second-order valence-corrected chi connectivity index (χ2v) is 7.39. The van der Waals surface area contributed by atoms with E-state index in [-0.39, 0.29) is 17.7 Å². The molecule has 26 heavy (non-hydrogen) atoms. The van der Waals surface area contributed by atoms with Gasteiger partial charge in [0.25, 0.3) is 5.70 Å². The lowest BCUT2D eigenvalue weighted by molar-refractivity contribution is -0.0501. The molecule has 6 nitrogen and oxygen atoms in total. The number of nitriles is 2. The molecule has 6 heteroatoms. The van der Waals surface area contributed by atoms with Crippen LogP contribution in [-0.4, -0.2) is 31.5 Å². The van der Waals surface area contributed by atoms with Gasteiger partial charge < -0.3 is 9.47 Å². The first kappa shape index (κ1) is 21.7. The van der Waals surface area contributed by atoms with Gasteiger partial charge in [0.2, 0.25) is 0 Å². The molecule has 0 spiro atoms. The number of ether oxygens (including phenoxy) is 2. The van der Waals surface area contributed by atoms with Gasteiger partial charge in [-0.15, -0.1) is 0 Å². The van der Waals surface area contributed by atoms with Crippen molar-refractivity contribution in [1.82, 2.24) is 0 Å². The molecule has 0 heterocycles. The normalized spacial score (nSPS) is 25.7. The zero-order chi connectivity index (χ0) is 19.7. The minimum atomic E-state index is -0.822. The van der Waals surface area contributed by atoms with Crippen molar-refractivity contribution in [2.45, 2.75) is 58.8 Å². The van der Waals surface area contributed by atoms with E-state index in [1.165, 1.54) is 0 Å². The Hall–Kier alpha value is -2.38. The van der Waals surface area contributed by atoms with Crippen LogP contribution in [0.3, 0.4) is 0 Å². The van der Waals surface area contributed by atoms with Gasteiger partial charge in [-0.1, -0.05) is 27.7 Å². The van der Waals surface area contributed by atoms with E-state index in [1.54, 1.807) is 0 Å². The molecule has 0 radical (unpaired) electrons. The van der Waals surface area contributed by atoms with Crippen LogP contribution in [0.5, 0.6) is 0 Å². The lowest BCUT2D eigenvalue weighted by Gasteiger charge is -2.37. The van der Waals surface area contributed by atoms with Crippen molar-refractivity contribution >= 4 is 0 Å². The van der Waals surface area contributed by atoms with E-state index in [2.05, 4.69) is 15.8 Å². The molecule has 1 aliphatic carbocycles. The van der Waals surface area contributed by atoms with Crippen molar-refractivity contribution in [3.05, 3.63) is 34.1 Å². The number of nitrogens with zero attached hydrogens (tertiary/aromatic N) is 4. The maximum Gasteiger partial charge on any atom is 0.312 e. The minimum absolute atomic E-state index is 0.0340. The zero-order valence-electron chi connectivity index (χ0n) is 15.9. The summed E-state index contributed by atoms with van der Waals surface area (Å²) in [5.41, 5.74) is 0.668. The van der Waals surface area contributed by atoms with Gasteiger partial charge in [-0.2, -0.15) is 5.26 Å². The number of allylic oxidation sites excluding steroid dienone is 1. The lowest BCUT2D eigenvalue weighted by Crippen LogP contribution is -2.42. The van der Waals surface area contributed by atoms with Crippen molar-refractivity contribution in [1.29, 1.82) is 10.5 Å². The van der Waals surface area contributed by atoms with Crippen LogP contribution in [0, 0.1) is 53.6 Å². The Morgan fingerprint density at radius 2 is 1.77 bits per heavy atom. The van der Waals surface area contributed by atoms with E-state index in [0.29, 0.717) is 43.5 Å². The fourth-order valence-corrected chi connectivity index (χ4v) is 2.99. The van der Waals surface area contributed by atoms with Crippen LogP contribution in [0.1, 0.15) is 40.5 Å². The largest absolute Gasteiger partial charge is 0.377 e. The summed E-state index contributed by atoms with van der Waals surface area (Å²) in [6.07, 6.45) is -0.0385. The molecule has 1 saturated carbocycles. The van der Waals surface area contributed by atoms with E-state index in [4.69, 9.17) is 22.6 Å². The van der Waals surface area contributed by atoms with Crippen LogP contribution in [0.25, 0.3) is 9.69 Å². The van der Waals surface area contributed by atoms with Gasteiger partial charge in [0.05, 0.1) is 30.8 Å². The fraction of sp³-hybridized carbons (Fsp3) is 0.700. The van der Waals surface area contributed by atoms with E-state index >= 15 is 0 Å². The molecule has 1 rings (SSSR count). The molecule has 4 atom stereocenters. The van der Waals surface area contributed by atoms with Crippen molar-refractivity contribution in [2.24, 2.45) is 17.8 Å². The molecular weight excluding hydrogens is 328 g/mol. The average Bonchev–Trinajstić information content (AvgIpc) is 2.61. The maximum atomic E-state index is 9.37. The average molecular weight is 354 g/mol. The highest BCUT2D eigenvalue weighted by molar-refractivity contribution is 5.37. The Morgan fingerprint density at radius 1 is 1.15 bits per heavy atom. The molecule has 1 fully saturated rings. The van der Waals surface area contributed by atoms with E-state index < -0.39 is 12.1 Å². The van der Waals surface area contributed by atoms with Crippen molar-refractivity contribution in [3.8, 4) is 12.1 Å². The van der Waals surface area contributed by atoms with Crippen LogP contribution in [0.15, 0.2) is 11.3 Å². The first-order valence-corrected chi connectivity index (χ1v) is 8.87. The van der Waals surface area contributed by atoms with Gasteiger partial charge in [-0.3, -0.25) is 4.85 Å². The van der Waals surface area contributed by atoms with Crippen LogP contribution >= 0.6 is 0 Å². The van der Waals surface area contributed by atoms with E-state index in [9.17, 15) is 10.5 Å². The molecule has 1 aliphatic rings. The molecule has 0 bridgehead atoms. The van der Waals surface area contributed by atoms with Gasteiger partial charge in [0, 0.05) is 13.2 Å². The van der Waals surface area contributed by atoms with Gasteiger partial charge in [0.15, 0.2) is 6.07 Å². The van der Waals surface area contributed by atoms with Crippen LogP contribution < -0.4 is 0 Å². The summed E-state index contributed by atoms with van der Waals surface area (Å²) in [6.45, 7) is 23.7. The third kappa shape index (κ3) is 5.86. The first-order valence-electron chi connectivity index (χ1n) is 8.87. The molecule has 0 amide bonds. The molecular formula is C20H26N4O2. The zero-order valence-corrected chi connectivity index (χ0v) is 15.9. The molecule has 0 N–H and O–H groups in total. The number of hydrogen-bond donors (Lipinski definition) is 0. The minimum Gasteiger partial charge on any atom is -0.377 e. The standard InChI is InChI=1S/C20H26N4O2/c1-13(2)11-25-19-7-16(18(10-22)24-6)20(26-12-14(3)4)8-15(19)17(9-21)23-5/h13-15,17,19-20H,7-8,11-12H2,1-4H3/b18-16+. The molecule has 0 aliphatic heterocycles. The van der Waals surface area contributed by atoms with Crippen LogP contribution in [-0.2, 0) is 9.47 Å². The van der Waals surface area contributed by atoms with Gasteiger partial charge in [-0.05, 0) is 30.3 Å². The topological polar surface area (TPSA) is 74.8 Å². The molecule has 4 unspecified atom stereocenters. The highest BCUT2D eigenvalue weighted by Gasteiger charge is 2.43. The van der Waals surface area contributed by atoms with Gasteiger partial charge >= 0.3 is 6.04 Å². The molecule has 0 aromatic rings. The Labute approximate surface area is 156 Å². The Kier molecular flexibility index (Phi) is 8.81. The quantitative estimate of drug-likeness (QED) is 0.512. The van der Waals surface area contributed by atoms with Crippen molar-refractivity contribution in [2.75, 3.05) is 13.2 Å². The molecule has 0 aromatic carbocycles. The smallest absolute Gasteiger partial charge is 0.312 e. The SMILES string of the molecule is [C-]#[N+]/C(C#N)=C1\CC(OCC(C)C)C(C(C#N)[N+]#[C-])CC1OCC(C)C. The summed E-state index contributed by atoms with van der Waals surface area (Å²) >= 11 is 0. The fourth-order valence-electron chi connectivity index (χ4n) is 2.99. The second kappa shape index (κ2) is 10.6. The monoisotopic (exact) mass is 354 g/mol. The van der Waals surface area contributed by atoms with Gasteiger partial charge in [0.1, 0.15) is 0 Å². The number of rotatable bonds is 7. The van der Waals surface area contributed by atoms with Crippen molar-refractivity contribution < 1.29 is 9.47 Å². The Balaban J connectivity index is 3.21. The Bertz CT molecular complexity index is 640. The van der Waals surface area contributed by atoms with E-state index in [1.807, 2.05) is 33.8 Å². The summed E-state index contributed by atoms with van der Waals surface area (Å²) in [6, 6.07) is 3.20. The Morgan fingerprint density at radius 3 is 2.23 bits per heavy atom. The molecule has 0 aromatic heterocycles. The van der Waals surface area contributed by atoms with Crippen molar-refractivity contribution in [3.63, 3.8) is 0 Å². The number of hydrogen-bond acceptors (Lipinski definition) is 4. The van der Waals surface area contributed by atoms with Crippen LogP contribution in [0.2, 0.25) is 0 Å². The third-order valence-corrected chi connectivity index (χ3v) is 4.25. The predicted octanol–water partition coefficient (Wildman–Crippen LogP) is 3.99. The summed E-state index contributed by atoms with van der Waals surface area (Å²) in [4.78, 5) is 6.81. The summed E-state index contributed by atoms with van der Waals surface area (Å²) < 4.78 is 12.0. The lowest BCUT2D eigenvalue weighted by atomic mass is 9.77.